The molecule has 1 aliphatic carbocycles. The molecule has 1 saturated heterocycles. The number of aryl methyl sites for hydroxylation is 1. The van der Waals surface area contributed by atoms with Crippen LogP contribution >= 0.6 is 0 Å². The van der Waals surface area contributed by atoms with E-state index in [1.165, 1.54) is 0 Å². The van der Waals surface area contributed by atoms with Gasteiger partial charge in [-0.1, -0.05) is 36.8 Å². The van der Waals surface area contributed by atoms with Gasteiger partial charge in [0.2, 0.25) is 11.8 Å². The molecule has 7 N–H and O–H groups in total. The van der Waals surface area contributed by atoms with Gasteiger partial charge in [-0.25, -0.2) is 11.0 Å². The second-order valence-corrected chi connectivity index (χ2v) is 13.5. The van der Waals surface area contributed by atoms with Crippen molar-refractivity contribution in [3.63, 3.8) is 0 Å². The van der Waals surface area contributed by atoms with E-state index in [1.807, 2.05) is 61.5 Å². The average Bonchev–Trinajstić information content (AvgIpc) is 3.90. The van der Waals surface area contributed by atoms with E-state index in [2.05, 4.69) is 25.9 Å². The number of hydrogen-bond donors (Lipinski definition) is 7. The fourth-order valence-electron chi connectivity index (χ4n) is 6.96. The van der Waals surface area contributed by atoms with E-state index in [-0.39, 0.29) is 23.8 Å². The highest BCUT2D eigenvalue weighted by Crippen LogP contribution is 2.27. The zero-order chi connectivity index (χ0) is 38.7. The SMILES string of the molecule is Cc1cc(COc2ccc(C(=O)N[C@@H]3CNC[C@H]3C(=O)NO)cc2)c2ccccc2n1.O=C(N[C@@H]1CCC[C@@H]1C(=O)NO)c1ccc(-c2ccncc2)cc1. The summed E-state index contributed by atoms with van der Waals surface area (Å²) in [5.74, 6) is -1.70. The molecule has 284 valence electrons. The lowest BCUT2D eigenvalue weighted by Gasteiger charge is -2.19. The van der Waals surface area contributed by atoms with Gasteiger partial charge in [0.15, 0.2) is 0 Å². The Morgan fingerprint density at radius 2 is 1.36 bits per heavy atom. The molecule has 5 aromatic rings. The van der Waals surface area contributed by atoms with Crippen LogP contribution in [0, 0.1) is 18.8 Å². The van der Waals surface area contributed by atoms with Crippen molar-refractivity contribution in [1.82, 2.24) is 36.9 Å². The molecule has 14 heteroatoms. The zero-order valence-corrected chi connectivity index (χ0v) is 30.2. The zero-order valence-electron chi connectivity index (χ0n) is 30.2. The van der Waals surface area contributed by atoms with Crippen LogP contribution in [-0.2, 0) is 16.2 Å². The smallest absolute Gasteiger partial charge is 0.251 e. The molecule has 0 radical (unpaired) electrons. The Kier molecular flexibility index (Phi) is 12.7. The number of rotatable bonds is 10. The Hall–Kier alpha value is -6.22. The molecular formula is C41H43N7O7. The number of fused-ring (bicyclic) bond motifs is 1. The van der Waals surface area contributed by atoms with Crippen LogP contribution in [0.3, 0.4) is 0 Å². The van der Waals surface area contributed by atoms with E-state index in [0.717, 1.165) is 46.1 Å². The minimum absolute atomic E-state index is 0.209. The molecule has 0 bridgehead atoms. The molecule has 2 aromatic heterocycles. The number of amides is 4. The highest BCUT2D eigenvalue weighted by Gasteiger charge is 2.35. The molecular weight excluding hydrogens is 702 g/mol. The number of carbonyl (C=O) groups is 4. The van der Waals surface area contributed by atoms with Crippen LogP contribution in [0.25, 0.3) is 22.0 Å². The van der Waals surface area contributed by atoms with Gasteiger partial charge in [0.1, 0.15) is 12.4 Å². The number of para-hydroxylation sites is 1. The molecule has 55 heavy (non-hydrogen) atoms. The number of aromatic nitrogens is 2. The van der Waals surface area contributed by atoms with Gasteiger partial charge < -0.3 is 20.7 Å². The standard InChI is InChI=1S/C23H24N4O4.C18H19N3O3/c1-14-10-16(18-4-2-3-5-20(18)25-14)13-31-17-8-6-15(7-9-17)22(28)26-21-12-24-11-19(21)23(29)27-30;22-17(20-16-3-1-2-15(16)18(23)21-24)14-6-4-12(5-7-14)13-8-10-19-11-9-13/h2-10,19,21,24,30H,11-13H2,1H3,(H,26,28)(H,27,29);4-11,15-16,24H,1-3H2,(H,20,22)(H,21,23)/t19-,21-;15-,16+/m10/s1. The minimum Gasteiger partial charge on any atom is -0.489 e. The molecule has 3 heterocycles. The maximum absolute atomic E-state index is 12.6. The first kappa shape index (κ1) is 38.5. The molecule has 1 aliphatic heterocycles. The summed E-state index contributed by atoms with van der Waals surface area (Å²) in [7, 11) is 0. The summed E-state index contributed by atoms with van der Waals surface area (Å²) in [4.78, 5) is 56.8. The normalized spacial score (nSPS) is 18.7. The van der Waals surface area contributed by atoms with Crippen molar-refractivity contribution in [2.45, 2.75) is 44.9 Å². The molecule has 1 saturated carbocycles. The third kappa shape index (κ3) is 9.67. The Labute approximate surface area is 317 Å². The summed E-state index contributed by atoms with van der Waals surface area (Å²) < 4.78 is 5.94. The molecule has 7 rings (SSSR count). The van der Waals surface area contributed by atoms with Gasteiger partial charge in [0.25, 0.3) is 11.8 Å². The molecule has 0 unspecified atom stereocenters. The summed E-state index contributed by atoms with van der Waals surface area (Å²) in [6.45, 7) is 3.21. The van der Waals surface area contributed by atoms with Crippen LogP contribution in [-0.4, -0.2) is 69.2 Å². The monoisotopic (exact) mass is 745 g/mol. The largest absolute Gasteiger partial charge is 0.489 e. The van der Waals surface area contributed by atoms with E-state index in [4.69, 9.17) is 15.2 Å². The number of hydrogen-bond acceptors (Lipinski definition) is 10. The second-order valence-electron chi connectivity index (χ2n) is 13.5. The minimum atomic E-state index is -0.518. The molecule has 4 amide bonds. The quantitative estimate of drug-likeness (QED) is 0.0806. The van der Waals surface area contributed by atoms with Crippen LogP contribution in [0.1, 0.15) is 51.2 Å². The van der Waals surface area contributed by atoms with Crippen molar-refractivity contribution < 1.29 is 34.3 Å². The van der Waals surface area contributed by atoms with Crippen molar-refractivity contribution in [2.75, 3.05) is 13.1 Å². The van der Waals surface area contributed by atoms with E-state index in [0.29, 0.717) is 43.0 Å². The van der Waals surface area contributed by atoms with E-state index in [9.17, 15) is 19.2 Å². The first-order valence-electron chi connectivity index (χ1n) is 18.0. The Morgan fingerprint density at radius 1 is 0.745 bits per heavy atom. The summed E-state index contributed by atoms with van der Waals surface area (Å²) in [6.07, 6.45) is 5.70. The Balaban J connectivity index is 0.000000193. The lowest BCUT2D eigenvalue weighted by atomic mass is 10.0. The van der Waals surface area contributed by atoms with Gasteiger partial charge in [-0.3, -0.25) is 39.6 Å². The molecule has 14 nitrogen and oxygen atoms in total. The van der Waals surface area contributed by atoms with E-state index < -0.39 is 23.8 Å². The number of nitrogens with zero attached hydrogens (tertiary/aromatic N) is 2. The lowest BCUT2D eigenvalue weighted by molar-refractivity contribution is -0.134. The van der Waals surface area contributed by atoms with Crippen LogP contribution in [0.4, 0.5) is 0 Å². The number of benzene rings is 3. The number of pyridine rings is 2. The van der Waals surface area contributed by atoms with Crippen molar-refractivity contribution in [1.29, 1.82) is 0 Å². The number of carbonyl (C=O) groups excluding carboxylic acids is 4. The van der Waals surface area contributed by atoms with Crippen molar-refractivity contribution in [2.24, 2.45) is 11.8 Å². The van der Waals surface area contributed by atoms with Gasteiger partial charge in [0, 0.05) is 59.3 Å². The Morgan fingerprint density at radius 3 is 2.05 bits per heavy atom. The van der Waals surface area contributed by atoms with Gasteiger partial charge in [-0.2, -0.15) is 0 Å². The van der Waals surface area contributed by atoms with Crippen LogP contribution in [0.2, 0.25) is 0 Å². The van der Waals surface area contributed by atoms with Crippen LogP contribution < -0.4 is 31.6 Å². The predicted molar refractivity (Wildman–Crippen MR) is 203 cm³/mol. The number of nitrogens with one attached hydrogen (secondary N) is 5. The van der Waals surface area contributed by atoms with Crippen molar-refractivity contribution >= 4 is 34.5 Å². The first-order valence-corrected chi connectivity index (χ1v) is 18.0. The maximum Gasteiger partial charge on any atom is 0.251 e. The van der Waals surface area contributed by atoms with Gasteiger partial charge in [0.05, 0.1) is 23.4 Å². The number of hydroxylamine groups is 2. The fraction of sp³-hybridized carbons (Fsp3) is 0.268. The summed E-state index contributed by atoms with van der Waals surface area (Å²) in [6, 6.07) is 27.3. The third-order valence-corrected chi connectivity index (χ3v) is 9.86. The summed E-state index contributed by atoms with van der Waals surface area (Å²) >= 11 is 0. The average molecular weight is 746 g/mol. The predicted octanol–water partition coefficient (Wildman–Crippen LogP) is 4.10. The molecule has 4 atom stereocenters. The van der Waals surface area contributed by atoms with Crippen LogP contribution in [0.5, 0.6) is 5.75 Å². The second kappa shape index (κ2) is 18.2. The molecule has 2 fully saturated rings. The summed E-state index contributed by atoms with van der Waals surface area (Å²) in [5.41, 5.74) is 9.29. The third-order valence-electron chi connectivity index (χ3n) is 9.86. The lowest BCUT2D eigenvalue weighted by Crippen LogP contribution is -2.45. The Bertz CT molecular complexity index is 2110. The van der Waals surface area contributed by atoms with Gasteiger partial charge >= 0.3 is 0 Å². The van der Waals surface area contributed by atoms with Crippen molar-refractivity contribution in [3.05, 3.63) is 126 Å². The molecule has 3 aromatic carbocycles. The molecule has 2 aliphatic rings. The van der Waals surface area contributed by atoms with Gasteiger partial charge in [-0.05, 0) is 91.6 Å². The fourth-order valence-corrected chi connectivity index (χ4v) is 6.96. The highest BCUT2D eigenvalue weighted by molar-refractivity contribution is 5.96. The maximum atomic E-state index is 12.6. The van der Waals surface area contributed by atoms with Crippen molar-refractivity contribution in [3.8, 4) is 16.9 Å². The first-order chi connectivity index (χ1) is 26.7. The van der Waals surface area contributed by atoms with Crippen LogP contribution in [0.15, 0.2) is 103 Å². The van der Waals surface area contributed by atoms with E-state index >= 15 is 0 Å². The summed E-state index contributed by atoms with van der Waals surface area (Å²) in [5, 5.41) is 27.5. The van der Waals surface area contributed by atoms with Gasteiger partial charge in [-0.15, -0.1) is 0 Å². The topological polar surface area (TPSA) is 204 Å². The molecule has 0 spiro atoms. The number of ether oxygens (including phenoxy) is 1. The van der Waals surface area contributed by atoms with E-state index in [1.54, 1.807) is 59.8 Å². The highest BCUT2D eigenvalue weighted by atomic mass is 16.5.